The minimum atomic E-state index is -4.33. The Hall–Kier alpha value is -3.02. The maximum absolute atomic E-state index is 14.8. The van der Waals surface area contributed by atoms with Gasteiger partial charge < -0.3 is 37.6 Å². The van der Waals surface area contributed by atoms with Crippen LogP contribution in [0, 0.1) is 0 Å². The van der Waals surface area contributed by atoms with E-state index in [1.807, 2.05) is 121 Å². The van der Waals surface area contributed by atoms with Crippen molar-refractivity contribution in [2.45, 2.75) is 83.8 Å². The molecule has 13 heteroatoms. The third kappa shape index (κ3) is 12.2. The molecule has 4 aromatic rings. The fraction of sp³-hybridized carbons (Fsp3) is 0.415. The van der Waals surface area contributed by atoms with E-state index in [2.05, 4.69) is 0 Å². The summed E-state index contributed by atoms with van der Waals surface area (Å²) >= 11 is 0. The summed E-state index contributed by atoms with van der Waals surface area (Å²) in [6, 6.07) is 38.2. The molecular formula is C41H52O11P2. The van der Waals surface area contributed by atoms with E-state index in [9.17, 15) is 14.2 Å². The van der Waals surface area contributed by atoms with Crippen molar-refractivity contribution in [3.05, 3.63) is 144 Å². The SMILES string of the molecule is CCOP(=O)(CP(=O)(OCC)O[C@H]1[C@H](OCc2ccccc2)[C@@H](OCc2ccccc2)[C@@H](OCc2ccccc2)[C@@H](O)[C@@H]1OCc1ccccc1)OCC. The lowest BCUT2D eigenvalue weighted by Crippen LogP contribution is -2.66. The van der Waals surface area contributed by atoms with E-state index in [4.69, 9.17) is 37.0 Å². The van der Waals surface area contributed by atoms with Crippen LogP contribution in [0.5, 0.6) is 0 Å². The van der Waals surface area contributed by atoms with Crippen molar-refractivity contribution < 1.29 is 51.3 Å². The topological polar surface area (TPSA) is 128 Å². The van der Waals surface area contributed by atoms with E-state index in [1.165, 1.54) is 0 Å². The number of hydrogen-bond donors (Lipinski definition) is 1. The quantitative estimate of drug-likeness (QED) is 0.0771. The molecular weight excluding hydrogens is 730 g/mol. The van der Waals surface area contributed by atoms with Crippen molar-refractivity contribution in [2.24, 2.45) is 0 Å². The van der Waals surface area contributed by atoms with Crippen LogP contribution >= 0.6 is 15.2 Å². The predicted molar refractivity (Wildman–Crippen MR) is 206 cm³/mol. The van der Waals surface area contributed by atoms with Crippen molar-refractivity contribution in [3.8, 4) is 0 Å². The van der Waals surface area contributed by atoms with Gasteiger partial charge in [0.25, 0.3) is 0 Å². The Morgan fingerprint density at radius 1 is 0.444 bits per heavy atom. The van der Waals surface area contributed by atoms with Crippen molar-refractivity contribution >= 4 is 15.2 Å². The summed E-state index contributed by atoms with van der Waals surface area (Å²) in [7, 11) is -8.29. The second kappa shape index (κ2) is 21.3. The summed E-state index contributed by atoms with van der Waals surface area (Å²) in [5.41, 5.74) is 3.46. The van der Waals surface area contributed by atoms with Crippen molar-refractivity contribution in [3.63, 3.8) is 0 Å². The molecule has 1 unspecified atom stereocenters. The summed E-state index contributed by atoms with van der Waals surface area (Å²) in [6.45, 7) is 5.53. The van der Waals surface area contributed by atoms with E-state index in [1.54, 1.807) is 20.8 Å². The molecule has 4 aromatic carbocycles. The van der Waals surface area contributed by atoms with Gasteiger partial charge in [0.15, 0.2) is 5.90 Å². The Bertz CT molecular complexity index is 1720. The van der Waals surface area contributed by atoms with Gasteiger partial charge in [-0.15, -0.1) is 0 Å². The Balaban J connectivity index is 1.59. The van der Waals surface area contributed by atoms with Crippen molar-refractivity contribution in [2.75, 3.05) is 25.7 Å². The molecule has 0 spiro atoms. The second-order valence-corrected chi connectivity index (χ2v) is 17.3. The molecule has 0 bridgehead atoms. The summed E-state index contributed by atoms with van der Waals surface area (Å²) in [6.07, 6.45) is -6.86. The largest absolute Gasteiger partial charge is 0.387 e. The Labute approximate surface area is 318 Å². The molecule has 7 atom stereocenters. The van der Waals surface area contributed by atoms with Gasteiger partial charge in [-0.25, -0.2) is 0 Å². The first-order valence-corrected chi connectivity index (χ1v) is 21.8. The monoisotopic (exact) mass is 782 g/mol. The van der Waals surface area contributed by atoms with Gasteiger partial charge in [-0.1, -0.05) is 121 Å². The molecule has 1 aliphatic rings. The van der Waals surface area contributed by atoms with Crippen LogP contribution in [0.2, 0.25) is 0 Å². The van der Waals surface area contributed by atoms with Gasteiger partial charge in [0.1, 0.15) is 36.6 Å². The van der Waals surface area contributed by atoms with E-state index in [0.29, 0.717) is 0 Å². The molecule has 1 N–H and O–H groups in total. The van der Waals surface area contributed by atoms with Gasteiger partial charge >= 0.3 is 15.2 Å². The number of benzene rings is 4. The van der Waals surface area contributed by atoms with Gasteiger partial charge in [0, 0.05) is 0 Å². The molecule has 1 aliphatic carbocycles. The van der Waals surface area contributed by atoms with Crippen LogP contribution in [-0.4, -0.2) is 67.5 Å². The van der Waals surface area contributed by atoms with Gasteiger partial charge in [0.05, 0.1) is 46.2 Å². The van der Waals surface area contributed by atoms with Gasteiger partial charge in [0.2, 0.25) is 0 Å². The summed E-state index contributed by atoms with van der Waals surface area (Å²) in [5, 5.41) is 12.4. The highest BCUT2D eigenvalue weighted by atomic mass is 31.2. The summed E-state index contributed by atoms with van der Waals surface area (Å²) in [5.74, 6) is -0.664. The molecule has 0 amide bonds. The minimum Gasteiger partial charge on any atom is -0.387 e. The zero-order chi connectivity index (χ0) is 38.2. The zero-order valence-electron chi connectivity index (χ0n) is 31.1. The third-order valence-corrected chi connectivity index (χ3v) is 14.0. The van der Waals surface area contributed by atoms with E-state index < -0.39 is 57.7 Å². The second-order valence-electron chi connectivity index (χ2n) is 12.7. The van der Waals surface area contributed by atoms with Crippen LogP contribution in [0.25, 0.3) is 0 Å². The molecule has 0 saturated heterocycles. The lowest BCUT2D eigenvalue weighted by Gasteiger charge is -2.48. The van der Waals surface area contributed by atoms with E-state index in [0.717, 1.165) is 22.3 Å². The van der Waals surface area contributed by atoms with E-state index in [-0.39, 0.29) is 46.2 Å². The maximum Gasteiger partial charge on any atom is 0.343 e. The van der Waals surface area contributed by atoms with Crippen LogP contribution in [0.1, 0.15) is 43.0 Å². The van der Waals surface area contributed by atoms with Gasteiger partial charge in [-0.3, -0.25) is 13.7 Å². The van der Waals surface area contributed by atoms with Crippen LogP contribution in [0.4, 0.5) is 0 Å². The molecule has 292 valence electrons. The highest BCUT2D eigenvalue weighted by molar-refractivity contribution is 7.71. The molecule has 0 heterocycles. The standard InChI is InChI=1S/C41H52O11P2/c1-4-49-53(43,50-5-2)31-54(44,51-6-3)52-41-38(46-28-33-21-13-8-14-22-33)36(42)37(45-27-32-19-11-7-12-20-32)39(47-29-34-23-15-9-16-24-34)40(41)48-30-35-25-17-10-18-26-35/h7-26,36-42H,4-6,27-31H2,1-3H3/t36-,37+,38+,39+,40-,41-,54?/m1/s1. The normalized spacial score (nSPS) is 22.8. The molecule has 0 radical (unpaired) electrons. The Morgan fingerprint density at radius 3 is 1.09 bits per heavy atom. The number of rotatable bonds is 22. The number of aliphatic hydroxyl groups excluding tert-OH is 1. The lowest BCUT2D eigenvalue weighted by molar-refractivity contribution is -0.269. The Morgan fingerprint density at radius 2 is 0.741 bits per heavy atom. The first kappa shape index (κ1) is 42.1. The molecule has 5 rings (SSSR count). The number of aliphatic hydroxyl groups is 1. The zero-order valence-corrected chi connectivity index (χ0v) is 32.9. The highest BCUT2D eigenvalue weighted by Crippen LogP contribution is 2.65. The minimum absolute atomic E-state index is 0.0351. The average molecular weight is 783 g/mol. The highest BCUT2D eigenvalue weighted by Gasteiger charge is 2.56. The fourth-order valence-corrected chi connectivity index (χ4v) is 11.2. The average Bonchev–Trinajstić information content (AvgIpc) is 3.18. The van der Waals surface area contributed by atoms with Crippen LogP contribution in [0.3, 0.4) is 0 Å². The van der Waals surface area contributed by atoms with Crippen LogP contribution < -0.4 is 0 Å². The molecule has 11 nitrogen and oxygen atoms in total. The first-order chi connectivity index (χ1) is 26.3. The summed E-state index contributed by atoms with van der Waals surface area (Å²) in [4.78, 5) is 0. The van der Waals surface area contributed by atoms with Crippen molar-refractivity contribution in [1.29, 1.82) is 0 Å². The van der Waals surface area contributed by atoms with Crippen molar-refractivity contribution in [1.82, 2.24) is 0 Å². The number of hydrogen-bond acceptors (Lipinski definition) is 11. The Kier molecular flexibility index (Phi) is 16.6. The third-order valence-electron chi connectivity index (χ3n) is 8.72. The first-order valence-electron chi connectivity index (χ1n) is 18.4. The van der Waals surface area contributed by atoms with E-state index >= 15 is 0 Å². The molecule has 54 heavy (non-hydrogen) atoms. The predicted octanol–water partition coefficient (Wildman–Crippen LogP) is 8.54. The molecule has 1 saturated carbocycles. The van der Waals surface area contributed by atoms with Crippen LogP contribution in [0.15, 0.2) is 121 Å². The van der Waals surface area contributed by atoms with Gasteiger partial charge in [-0.2, -0.15) is 0 Å². The molecule has 0 aliphatic heterocycles. The molecule has 0 aromatic heterocycles. The maximum atomic E-state index is 14.8. The van der Waals surface area contributed by atoms with Crippen LogP contribution in [-0.2, 0) is 72.6 Å². The molecule has 1 fully saturated rings. The fourth-order valence-electron chi connectivity index (χ4n) is 6.30. The van der Waals surface area contributed by atoms with Gasteiger partial charge in [-0.05, 0) is 43.0 Å². The summed E-state index contributed by atoms with van der Waals surface area (Å²) < 4.78 is 78.5. The number of ether oxygens (including phenoxy) is 4. The smallest absolute Gasteiger partial charge is 0.343 e. The lowest BCUT2D eigenvalue weighted by atomic mass is 9.84.